The summed E-state index contributed by atoms with van der Waals surface area (Å²) in [6, 6.07) is 4.45. The van der Waals surface area contributed by atoms with Gasteiger partial charge in [0.25, 0.3) is 11.1 Å². The van der Waals surface area contributed by atoms with E-state index in [1.54, 1.807) is 11.3 Å². The molecule has 0 unspecified atom stereocenters. The van der Waals surface area contributed by atoms with Crippen molar-refractivity contribution in [3.8, 4) is 16.8 Å². The number of fused-ring (bicyclic) bond motifs is 2. The number of carbonyl (C=O) groups excluding carboxylic acids is 1. The van der Waals surface area contributed by atoms with E-state index in [0.29, 0.717) is 21.7 Å². The minimum Gasteiger partial charge on any atom is -0.410 e. The molecule has 6 nitrogen and oxygen atoms in total. The van der Waals surface area contributed by atoms with Crippen molar-refractivity contribution in [2.24, 2.45) is 5.92 Å². The molecule has 9 heteroatoms. The minimum atomic E-state index is -0.166. The van der Waals surface area contributed by atoms with Gasteiger partial charge in [-0.3, -0.25) is 4.79 Å². The highest BCUT2D eigenvalue weighted by Crippen LogP contribution is 2.39. The number of carbonyl (C=O) groups is 1. The molecule has 0 fully saturated rings. The second kappa shape index (κ2) is 8.77. The molecule has 2 aliphatic carbocycles. The highest BCUT2D eigenvalue weighted by molar-refractivity contribution is 7.99. The Bertz CT molecular complexity index is 1170. The third kappa shape index (κ3) is 4.29. The summed E-state index contributed by atoms with van der Waals surface area (Å²) in [5, 5.41) is 21.8. The molecule has 0 spiro atoms. The zero-order chi connectivity index (χ0) is 21.4. The first-order valence-electron chi connectivity index (χ1n) is 10.5. The van der Waals surface area contributed by atoms with Crippen molar-refractivity contribution < 1.29 is 9.21 Å². The van der Waals surface area contributed by atoms with Crippen LogP contribution in [-0.4, -0.2) is 21.9 Å². The molecule has 0 bridgehead atoms. The third-order valence-corrected chi connectivity index (χ3v) is 9.06. The van der Waals surface area contributed by atoms with E-state index >= 15 is 0 Å². The lowest BCUT2D eigenvalue weighted by Gasteiger charge is -2.16. The molecular weight excluding hydrogens is 448 g/mol. The number of nitrogens with one attached hydrogen (secondary N) is 1. The van der Waals surface area contributed by atoms with Crippen LogP contribution in [0, 0.1) is 17.2 Å². The summed E-state index contributed by atoms with van der Waals surface area (Å²) in [7, 11) is 0. The Morgan fingerprint density at radius 2 is 2.16 bits per heavy atom. The van der Waals surface area contributed by atoms with Crippen LogP contribution < -0.4 is 5.32 Å². The Balaban J connectivity index is 1.22. The van der Waals surface area contributed by atoms with Crippen LogP contribution in [0.4, 0.5) is 5.00 Å². The van der Waals surface area contributed by atoms with E-state index in [9.17, 15) is 10.1 Å². The van der Waals surface area contributed by atoms with Gasteiger partial charge < -0.3 is 9.73 Å². The van der Waals surface area contributed by atoms with Gasteiger partial charge in [0.15, 0.2) is 0 Å². The number of hydrogen-bond donors (Lipinski definition) is 1. The van der Waals surface area contributed by atoms with Gasteiger partial charge in [0.1, 0.15) is 11.1 Å². The molecule has 1 N–H and O–H groups in total. The Morgan fingerprint density at radius 3 is 3.03 bits per heavy atom. The average Bonchev–Trinajstić information content (AvgIpc) is 3.47. The van der Waals surface area contributed by atoms with Crippen LogP contribution in [-0.2, 0) is 30.5 Å². The highest BCUT2D eigenvalue weighted by Gasteiger charge is 2.23. The van der Waals surface area contributed by atoms with E-state index in [0.717, 1.165) is 54.9 Å². The maximum Gasteiger partial charge on any atom is 0.277 e. The molecule has 3 aromatic rings. The SMILES string of the molecule is C[C@@H]1CCc2sc(-c3nnc(SCC(=O)Nc4sc5c(c4C#N)CCCC5)o3)cc2C1. The normalized spacial score (nSPS) is 17.6. The Morgan fingerprint density at radius 1 is 1.29 bits per heavy atom. The molecule has 1 atom stereocenters. The van der Waals surface area contributed by atoms with E-state index in [1.807, 2.05) is 0 Å². The first-order chi connectivity index (χ1) is 15.1. The Hall–Kier alpha value is -2.15. The van der Waals surface area contributed by atoms with E-state index in [-0.39, 0.29) is 11.7 Å². The summed E-state index contributed by atoms with van der Waals surface area (Å²) in [6.45, 7) is 2.29. The van der Waals surface area contributed by atoms with Crippen molar-refractivity contribution in [2.75, 3.05) is 11.1 Å². The maximum absolute atomic E-state index is 12.5. The number of aromatic nitrogens is 2. The van der Waals surface area contributed by atoms with E-state index in [4.69, 9.17) is 4.42 Å². The number of nitrogens with zero attached hydrogens (tertiary/aromatic N) is 3. The number of hydrogen-bond acceptors (Lipinski definition) is 8. The lowest BCUT2D eigenvalue weighted by Crippen LogP contribution is -2.14. The summed E-state index contributed by atoms with van der Waals surface area (Å²) in [6.07, 6.45) is 7.63. The van der Waals surface area contributed by atoms with Crippen LogP contribution in [0.3, 0.4) is 0 Å². The highest BCUT2D eigenvalue weighted by atomic mass is 32.2. The molecular formula is C22H22N4O2S3. The number of anilines is 1. The Kier molecular flexibility index (Phi) is 5.87. The van der Waals surface area contributed by atoms with E-state index < -0.39 is 0 Å². The molecule has 3 aromatic heterocycles. The fraction of sp³-hybridized carbons (Fsp3) is 0.455. The van der Waals surface area contributed by atoms with Crippen LogP contribution in [0.15, 0.2) is 15.7 Å². The lowest BCUT2D eigenvalue weighted by molar-refractivity contribution is -0.113. The predicted octanol–water partition coefficient (Wildman–Crippen LogP) is 5.47. The van der Waals surface area contributed by atoms with Gasteiger partial charge in [0, 0.05) is 9.75 Å². The van der Waals surface area contributed by atoms with Gasteiger partial charge in [-0.1, -0.05) is 18.7 Å². The number of thiophene rings is 2. The summed E-state index contributed by atoms with van der Waals surface area (Å²) in [5.41, 5.74) is 3.16. The molecule has 31 heavy (non-hydrogen) atoms. The molecule has 0 saturated heterocycles. The standard InChI is InChI=1S/C22H22N4O2S3/c1-12-6-7-16-13(8-12)9-18(30-16)20-25-26-22(28-20)29-11-19(27)24-21-15(10-23)14-4-2-3-5-17(14)31-21/h9,12H,2-8,11H2,1H3,(H,24,27)/t12-/m1/s1. The second-order valence-electron chi connectivity index (χ2n) is 8.14. The van der Waals surface area contributed by atoms with Crippen LogP contribution in [0.1, 0.15) is 52.6 Å². The number of nitriles is 1. The number of rotatable bonds is 5. The molecule has 160 valence electrons. The first kappa shape index (κ1) is 20.7. The van der Waals surface area contributed by atoms with Gasteiger partial charge in [-0.15, -0.1) is 32.9 Å². The zero-order valence-corrected chi connectivity index (χ0v) is 19.6. The first-order valence-corrected chi connectivity index (χ1v) is 13.2. The summed E-state index contributed by atoms with van der Waals surface area (Å²) < 4.78 is 5.81. The van der Waals surface area contributed by atoms with Crippen molar-refractivity contribution in [2.45, 2.75) is 57.1 Å². The van der Waals surface area contributed by atoms with Gasteiger partial charge in [-0.05, 0) is 68.1 Å². The van der Waals surface area contributed by atoms with E-state index in [1.165, 1.54) is 44.8 Å². The van der Waals surface area contributed by atoms with Gasteiger partial charge >= 0.3 is 0 Å². The quantitative estimate of drug-likeness (QED) is 0.498. The van der Waals surface area contributed by atoms with Gasteiger partial charge in [0.2, 0.25) is 5.91 Å². The van der Waals surface area contributed by atoms with Crippen molar-refractivity contribution in [1.29, 1.82) is 5.26 Å². The largest absolute Gasteiger partial charge is 0.410 e. The van der Waals surface area contributed by atoms with E-state index in [2.05, 4.69) is 34.6 Å². The summed E-state index contributed by atoms with van der Waals surface area (Å²) >= 11 is 4.49. The van der Waals surface area contributed by atoms with Crippen LogP contribution in [0.2, 0.25) is 0 Å². The number of aryl methyl sites for hydroxylation is 2. The number of thioether (sulfide) groups is 1. The fourth-order valence-corrected chi connectivity index (χ4v) is 7.19. The molecule has 5 rings (SSSR count). The molecule has 1 amide bonds. The third-order valence-electron chi connectivity index (χ3n) is 5.81. The lowest BCUT2D eigenvalue weighted by atomic mass is 9.90. The molecule has 0 radical (unpaired) electrons. The maximum atomic E-state index is 12.5. The van der Waals surface area contributed by atoms with Crippen molar-refractivity contribution in [3.05, 3.63) is 32.5 Å². The molecule has 2 aliphatic rings. The van der Waals surface area contributed by atoms with Crippen molar-refractivity contribution in [3.63, 3.8) is 0 Å². The monoisotopic (exact) mass is 470 g/mol. The molecule has 0 aromatic carbocycles. The van der Waals surface area contributed by atoms with Crippen LogP contribution >= 0.6 is 34.4 Å². The molecule has 0 saturated carbocycles. The topological polar surface area (TPSA) is 91.8 Å². The Labute approximate surface area is 193 Å². The second-order valence-corrected chi connectivity index (χ2v) is 11.3. The van der Waals surface area contributed by atoms with Gasteiger partial charge in [-0.2, -0.15) is 5.26 Å². The molecule has 3 heterocycles. The summed E-state index contributed by atoms with van der Waals surface area (Å²) in [4.78, 5) is 16.1. The van der Waals surface area contributed by atoms with Crippen LogP contribution in [0.5, 0.6) is 0 Å². The smallest absolute Gasteiger partial charge is 0.277 e. The number of amides is 1. The van der Waals surface area contributed by atoms with Crippen LogP contribution in [0.25, 0.3) is 10.8 Å². The van der Waals surface area contributed by atoms with Crippen molar-refractivity contribution >= 4 is 45.3 Å². The average molecular weight is 471 g/mol. The van der Waals surface area contributed by atoms with Crippen molar-refractivity contribution in [1.82, 2.24) is 10.2 Å². The van der Waals surface area contributed by atoms with Gasteiger partial charge in [0.05, 0.1) is 16.2 Å². The minimum absolute atomic E-state index is 0.160. The van der Waals surface area contributed by atoms with Gasteiger partial charge in [-0.25, -0.2) is 0 Å². The summed E-state index contributed by atoms with van der Waals surface area (Å²) in [5.74, 6) is 1.24. The predicted molar refractivity (Wildman–Crippen MR) is 124 cm³/mol. The molecule has 0 aliphatic heterocycles. The zero-order valence-electron chi connectivity index (χ0n) is 17.2. The fourth-order valence-electron chi connectivity index (χ4n) is 4.24.